The number of aliphatic hydroxyl groups is 1. The SMILES string of the molecule is O=C1CCc2c(NCC3(O)CCN(c4ncc(Cl)cc4Cl)CC3)ccc(F)c2N1. The molecule has 0 saturated carbocycles. The molecule has 0 radical (unpaired) electrons. The number of benzene rings is 1. The molecule has 2 aromatic rings. The van der Waals surface area contributed by atoms with Crippen molar-refractivity contribution in [2.45, 2.75) is 31.3 Å². The monoisotopic (exact) mass is 438 g/mol. The second-order valence-electron chi connectivity index (χ2n) is 7.52. The van der Waals surface area contributed by atoms with Gasteiger partial charge in [0.1, 0.15) is 11.6 Å². The highest BCUT2D eigenvalue weighted by Gasteiger charge is 2.33. The lowest BCUT2D eigenvalue weighted by Crippen LogP contribution is -2.48. The first kappa shape index (κ1) is 20.2. The van der Waals surface area contributed by atoms with Gasteiger partial charge in [-0.15, -0.1) is 0 Å². The summed E-state index contributed by atoms with van der Waals surface area (Å²) in [6, 6.07) is 4.64. The summed E-state index contributed by atoms with van der Waals surface area (Å²) in [5, 5.41) is 17.8. The maximum atomic E-state index is 14.0. The average Bonchev–Trinajstić information content (AvgIpc) is 2.69. The number of fused-ring (bicyclic) bond motifs is 1. The Bertz CT molecular complexity index is 948. The summed E-state index contributed by atoms with van der Waals surface area (Å²) in [7, 11) is 0. The van der Waals surface area contributed by atoms with Gasteiger partial charge in [0.25, 0.3) is 0 Å². The fraction of sp³-hybridized carbons (Fsp3) is 0.400. The molecule has 0 atom stereocenters. The maximum Gasteiger partial charge on any atom is 0.224 e. The number of carbonyl (C=O) groups is 1. The zero-order chi connectivity index (χ0) is 20.6. The van der Waals surface area contributed by atoms with Gasteiger partial charge in [0.2, 0.25) is 5.91 Å². The highest BCUT2D eigenvalue weighted by atomic mass is 35.5. The van der Waals surface area contributed by atoms with Crippen LogP contribution in [-0.2, 0) is 11.2 Å². The fourth-order valence-corrected chi connectivity index (χ4v) is 4.33. The Labute approximate surface area is 178 Å². The molecule has 1 aromatic carbocycles. The van der Waals surface area contributed by atoms with Crippen LogP contribution in [-0.4, -0.2) is 41.2 Å². The van der Waals surface area contributed by atoms with Gasteiger partial charge in [-0.3, -0.25) is 4.79 Å². The molecule has 3 heterocycles. The molecular weight excluding hydrogens is 418 g/mol. The summed E-state index contributed by atoms with van der Waals surface area (Å²) in [5.41, 5.74) is 0.799. The summed E-state index contributed by atoms with van der Waals surface area (Å²) in [5.74, 6) is 0.0291. The van der Waals surface area contributed by atoms with Gasteiger partial charge in [-0.2, -0.15) is 0 Å². The van der Waals surface area contributed by atoms with E-state index in [0.29, 0.717) is 61.2 Å². The molecule has 2 aliphatic rings. The van der Waals surface area contributed by atoms with Gasteiger partial charge >= 0.3 is 0 Å². The first-order valence-electron chi connectivity index (χ1n) is 9.48. The number of rotatable bonds is 4. The molecule has 1 saturated heterocycles. The van der Waals surface area contributed by atoms with Crippen molar-refractivity contribution in [3.63, 3.8) is 0 Å². The molecule has 4 rings (SSSR count). The van der Waals surface area contributed by atoms with Crippen LogP contribution in [0.4, 0.5) is 21.6 Å². The van der Waals surface area contributed by atoms with Crippen molar-refractivity contribution in [2.75, 3.05) is 35.2 Å². The normalized spacial score (nSPS) is 18.2. The van der Waals surface area contributed by atoms with Crippen LogP contribution in [0.1, 0.15) is 24.8 Å². The van der Waals surface area contributed by atoms with E-state index in [-0.39, 0.29) is 11.6 Å². The minimum atomic E-state index is -0.908. The molecule has 9 heteroatoms. The van der Waals surface area contributed by atoms with E-state index in [1.54, 1.807) is 18.3 Å². The third kappa shape index (κ3) is 4.27. The van der Waals surface area contributed by atoms with Crippen molar-refractivity contribution in [2.24, 2.45) is 0 Å². The number of aromatic nitrogens is 1. The van der Waals surface area contributed by atoms with E-state index < -0.39 is 11.4 Å². The third-order valence-corrected chi connectivity index (χ3v) is 6.00. The van der Waals surface area contributed by atoms with Crippen molar-refractivity contribution >= 4 is 46.3 Å². The second kappa shape index (κ2) is 7.97. The van der Waals surface area contributed by atoms with E-state index in [0.717, 1.165) is 11.3 Å². The highest BCUT2D eigenvalue weighted by Crippen LogP contribution is 2.34. The summed E-state index contributed by atoms with van der Waals surface area (Å²) < 4.78 is 14.0. The van der Waals surface area contributed by atoms with Gasteiger partial charge < -0.3 is 20.6 Å². The van der Waals surface area contributed by atoms with Crippen molar-refractivity contribution in [3.05, 3.63) is 45.8 Å². The number of nitrogens with one attached hydrogen (secondary N) is 2. The zero-order valence-electron chi connectivity index (χ0n) is 15.6. The smallest absolute Gasteiger partial charge is 0.224 e. The van der Waals surface area contributed by atoms with E-state index >= 15 is 0 Å². The predicted molar refractivity (Wildman–Crippen MR) is 112 cm³/mol. The average molecular weight is 439 g/mol. The Kier molecular flexibility index (Phi) is 5.55. The lowest BCUT2D eigenvalue weighted by molar-refractivity contribution is -0.116. The van der Waals surface area contributed by atoms with Crippen molar-refractivity contribution < 1.29 is 14.3 Å². The van der Waals surface area contributed by atoms with Crippen LogP contribution in [0.15, 0.2) is 24.4 Å². The molecule has 0 unspecified atom stereocenters. The molecule has 0 bridgehead atoms. The van der Waals surface area contributed by atoms with E-state index in [9.17, 15) is 14.3 Å². The number of halogens is 3. The summed E-state index contributed by atoms with van der Waals surface area (Å²) in [6.45, 7) is 1.53. The predicted octanol–water partition coefficient (Wildman–Crippen LogP) is 3.86. The van der Waals surface area contributed by atoms with Gasteiger partial charge in [0, 0.05) is 43.5 Å². The molecule has 0 aliphatic carbocycles. The van der Waals surface area contributed by atoms with E-state index in [1.807, 2.05) is 4.90 Å². The Morgan fingerprint density at radius 3 is 2.76 bits per heavy atom. The Balaban J connectivity index is 1.41. The zero-order valence-corrected chi connectivity index (χ0v) is 17.2. The van der Waals surface area contributed by atoms with Gasteiger partial charge in [0.15, 0.2) is 0 Å². The summed E-state index contributed by atoms with van der Waals surface area (Å²) >= 11 is 12.2. The van der Waals surface area contributed by atoms with E-state index in [2.05, 4.69) is 15.6 Å². The van der Waals surface area contributed by atoms with Gasteiger partial charge in [-0.05, 0) is 37.5 Å². The van der Waals surface area contributed by atoms with Crippen molar-refractivity contribution in [1.29, 1.82) is 0 Å². The molecule has 2 aliphatic heterocycles. The number of piperidine rings is 1. The maximum absolute atomic E-state index is 14.0. The standard InChI is InChI=1S/C20H21Cl2FN4O2/c21-12-9-14(22)19(24-10-12)27-7-5-20(29,6-8-27)11-25-16-3-2-15(23)18-13(16)1-4-17(28)26-18/h2-3,9-10,25,29H,1,4-8,11H2,(H,26,28). The number of hydrogen-bond acceptors (Lipinski definition) is 5. The molecule has 0 spiro atoms. The molecular formula is C20H21Cl2FN4O2. The molecule has 6 nitrogen and oxygen atoms in total. The number of pyridine rings is 1. The van der Waals surface area contributed by atoms with Crippen molar-refractivity contribution in [1.82, 2.24) is 4.98 Å². The Morgan fingerprint density at radius 1 is 1.28 bits per heavy atom. The highest BCUT2D eigenvalue weighted by molar-refractivity contribution is 6.36. The third-order valence-electron chi connectivity index (χ3n) is 5.52. The first-order chi connectivity index (χ1) is 13.8. The van der Waals surface area contributed by atoms with Crippen LogP contribution < -0.4 is 15.5 Å². The minimum absolute atomic E-state index is 0.186. The lowest BCUT2D eigenvalue weighted by atomic mass is 9.91. The summed E-state index contributed by atoms with van der Waals surface area (Å²) in [6.07, 6.45) is 3.40. The fourth-order valence-electron chi connectivity index (χ4n) is 3.83. The topological polar surface area (TPSA) is 77.5 Å². The molecule has 1 fully saturated rings. The van der Waals surface area contributed by atoms with Gasteiger partial charge in [-0.25, -0.2) is 9.37 Å². The van der Waals surface area contributed by atoms with E-state index in [1.165, 1.54) is 6.07 Å². The van der Waals surface area contributed by atoms with Crippen LogP contribution in [0.3, 0.4) is 0 Å². The van der Waals surface area contributed by atoms with Crippen molar-refractivity contribution in [3.8, 4) is 0 Å². The van der Waals surface area contributed by atoms with Crippen LogP contribution in [0.5, 0.6) is 0 Å². The largest absolute Gasteiger partial charge is 0.388 e. The molecule has 3 N–H and O–H groups in total. The Hall–Kier alpha value is -2.09. The van der Waals surface area contributed by atoms with Gasteiger partial charge in [0.05, 0.1) is 21.3 Å². The van der Waals surface area contributed by atoms with Crippen LogP contribution in [0.2, 0.25) is 10.0 Å². The molecule has 1 amide bonds. The van der Waals surface area contributed by atoms with Crippen LogP contribution in [0, 0.1) is 5.82 Å². The number of nitrogens with zero attached hydrogens (tertiary/aromatic N) is 2. The molecule has 29 heavy (non-hydrogen) atoms. The quantitative estimate of drug-likeness (QED) is 0.675. The number of hydrogen-bond donors (Lipinski definition) is 3. The first-order valence-corrected chi connectivity index (χ1v) is 10.2. The number of amides is 1. The second-order valence-corrected chi connectivity index (χ2v) is 8.36. The number of anilines is 3. The van der Waals surface area contributed by atoms with E-state index in [4.69, 9.17) is 23.2 Å². The number of carbonyl (C=O) groups excluding carboxylic acids is 1. The van der Waals surface area contributed by atoms with Crippen LogP contribution >= 0.6 is 23.2 Å². The van der Waals surface area contributed by atoms with Gasteiger partial charge in [-0.1, -0.05) is 23.2 Å². The summed E-state index contributed by atoms with van der Waals surface area (Å²) in [4.78, 5) is 17.9. The Morgan fingerprint density at radius 2 is 2.03 bits per heavy atom. The lowest BCUT2D eigenvalue weighted by Gasteiger charge is -2.39. The molecule has 154 valence electrons. The molecule has 1 aromatic heterocycles. The van der Waals surface area contributed by atoms with Crippen LogP contribution in [0.25, 0.3) is 0 Å². The minimum Gasteiger partial charge on any atom is -0.388 e.